The topological polar surface area (TPSA) is 237 Å². The third-order valence-electron chi connectivity index (χ3n) is 21.0. The Morgan fingerprint density at radius 2 is 0.477 bits per heavy atom. The molecule has 0 saturated carbocycles. The number of aliphatic hydroxyl groups is 1. The maximum Gasteiger partial charge on any atom is 0.472 e. The number of hydrogen-bond donors (Lipinski definition) is 3. The van der Waals surface area contributed by atoms with Gasteiger partial charge >= 0.3 is 39.5 Å². The molecule has 0 spiro atoms. The molecule has 19 heteroatoms. The predicted octanol–water partition coefficient (Wildman–Crippen LogP) is 26.9. The van der Waals surface area contributed by atoms with Gasteiger partial charge in [-0.25, -0.2) is 9.13 Å². The van der Waals surface area contributed by atoms with Crippen molar-refractivity contribution in [3.63, 3.8) is 0 Å². The number of phosphoric acid groups is 2. The molecule has 0 bridgehead atoms. The van der Waals surface area contributed by atoms with Crippen LogP contribution in [0.4, 0.5) is 0 Å². The third-order valence-corrected chi connectivity index (χ3v) is 22.9. The number of hydrogen-bond acceptors (Lipinski definition) is 15. The highest BCUT2D eigenvalue weighted by Gasteiger charge is 2.31. The van der Waals surface area contributed by atoms with Gasteiger partial charge in [-0.05, 0) is 43.4 Å². The van der Waals surface area contributed by atoms with Crippen LogP contribution in [0.25, 0.3) is 0 Å². The van der Waals surface area contributed by atoms with E-state index >= 15 is 0 Å². The van der Waals surface area contributed by atoms with E-state index in [2.05, 4.69) is 48.5 Å². The van der Waals surface area contributed by atoms with Gasteiger partial charge in [0.15, 0.2) is 12.2 Å². The molecule has 6 atom stereocenters. The van der Waals surface area contributed by atoms with Crippen molar-refractivity contribution in [2.75, 3.05) is 39.6 Å². The molecule has 107 heavy (non-hydrogen) atoms. The standard InChI is InChI=1S/C88H172O17P2/c1-8-10-11-12-13-14-15-16-17-18-19-20-23-30-35-42-50-57-64-71-87(92)104-83(75-98-85(90)69-62-55-48-41-34-29-24-21-22-27-32-38-45-52-59-66-79(3)4)77-102-106(94,95)100-73-82(89)74-101-107(96,97)103-78-84(76-99-86(91)70-63-56-49-44-37-39-46-53-60-67-80(5)6)105-88(93)72-65-58-51-43-36-31-26-25-28-33-40-47-54-61-68-81(7)9-2/h79-84,89H,8-78H2,1-7H3,(H,94,95)(H,96,97)/t81?,82-,83-,84-/m1/s1. The van der Waals surface area contributed by atoms with E-state index in [1.165, 1.54) is 276 Å². The second-order valence-corrected chi connectivity index (χ2v) is 35.7. The van der Waals surface area contributed by atoms with Crippen LogP contribution in [0.1, 0.15) is 466 Å². The molecule has 0 rings (SSSR count). The van der Waals surface area contributed by atoms with E-state index in [1.54, 1.807) is 0 Å². The fourth-order valence-electron chi connectivity index (χ4n) is 13.7. The molecule has 0 aliphatic heterocycles. The lowest BCUT2D eigenvalue weighted by Gasteiger charge is -2.21. The summed E-state index contributed by atoms with van der Waals surface area (Å²) in [6.07, 6.45) is 69.3. The average Bonchev–Trinajstić information content (AvgIpc) is 0.955. The van der Waals surface area contributed by atoms with Gasteiger partial charge in [-0.15, -0.1) is 0 Å². The first-order valence-electron chi connectivity index (χ1n) is 45.4. The van der Waals surface area contributed by atoms with E-state index in [9.17, 15) is 43.2 Å². The van der Waals surface area contributed by atoms with Gasteiger partial charge in [0.05, 0.1) is 26.4 Å². The highest BCUT2D eigenvalue weighted by molar-refractivity contribution is 7.47. The van der Waals surface area contributed by atoms with Crippen molar-refractivity contribution < 1.29 is 80.2 Å². The maximum absolute atomic E-state index is 13.2. The Labute approximate surface area is 658 Å². The first-order valence-corrected chi connectivity index (χ1v) is 48.4. The van der Waals surface area contributed by atoms with Crippen molar-refractivity contribution in [1.29, 1.82) is 0 Å². The fourth-order valence-corrected chi connectivity index (χ4v) is 15.3. The largest absolute Gasteiger partial charge is 0.472 e. The van der Waals surface area contributed by atoms with Crippen LogP contribution in [0, 0.1) is 17.8 Å². The number of ether oxygens (including phenoxy) is 4. The highest BCUT2D eigenvalue weighted by Crippen LogP contribution is 2.45. The molecule has 0 heterocycles. The molecule has 3 N–H and O–H groups in total. The van der Waals surface area contributed by atoms with Crippen LogP contribution < -0.4 is 0 Å². The number of unbranched alkanes of at least 4 members (excludes halogenated alkanes) is 53. The molecular weight excluding hydrogens is 1390 g/mol. The number of esters is 4. The summed E-state index contributed by atoms with van der Waals surface area (Å²) in [6, 6.07) is 0. The lowest BCUT2D eigenvalue weighted by molar-refractivity contribution is -0.161. The maximum atomic E-state index is 13.2. The zero-order valence-electron chi connectivity index (χ0n) is 70.6. The van der Waals surface area contributed by atoms with Crippen LogP contribution >= 0.6 is 15.6 Å². The second kappa shape index (κ2) is 78.0. The number of rotatable bonds is 86. The van der Waals surface area contributed by atoms with Crippen LogP contribution in [0.3, 0.4) is 0 Å². The summed E-state index contributed by atoms with van der Waals surface area (Å²) >= 11 is 0. The fraction of sp³-hybridized carbons (Fsp3) is 0.955. The molecule has 0 aliphatic carbocycles. The molecule has 0 saturated heterocycles. The highest BCUT2D eigenvalue weighted by atomic mass is 31.2. The average molecular weight is 1560 g/mol. The molecule has 3 unspecified atom stereocenters. The van der Waals surface area contributed by atoms with Gasteiger partial charge in [0.2, 0.25) is 0 Å². The summed E-state index contributed by atoms with van der Waals surface area (Å²) in [5.74, 6) is 0.295. The van der Waals surface area contributed by atoms with Gasteiger partial charge in [-0.2, -0.15) is 0 Å². The van der Waals surface area contributed by atoms with Gasteiger partial charge in [-0.3, -0.25) is 37.3 Å². The monoisotopic (exact) mass is 1560 g/mol. The zero-order valence-corrected chi connectivity index (χ0v) is 72.4. The first-order chi connectivity index (χ1) is 51.8. The molecule has 17 nitrogen and oxygen atoms in total. The van der Waals surface area contributed by atoms with E-state index in [0.717, 1.165) is 108 Å². The minimum atomic E-state index is -4.97. The third kappa shape index (κ3) is 80.5. The Morgan fingerprint density at radius 3 is 0.710 bits per heavy atom. The van der Waals surface area contributed by atoms with Crippen LogP contribution in [0.5, 0.6) is 0 Å². The summed E-state index contributed by atoms with van der Waals surface area (Å²) in [7, 11) is -9.93. The van der Waals surface area contributed by atoms with Crippen molar-refractivity contribution in [2.45, 2.75) is 484 Å². The Kier molecular flexibility index (Phi) is 76.6. The smallest absolute Gasteiger partial charge is 0.462 e. The molecule has 0 aliphatic rings. The van der Waals surface area contributed by atoms with Crippen molar-refractivity contribution in [1.82, 2.24) is 0 Å². The Morgan fingerprint density at radius 1 is 0.271 bits per heavy atom. The Balaban J connectivity index is 5.26. The minimum absolute atomic E-state index is 0.107. The Bertz CT molecular complexity index is 2060. The number of carbonyl (C=O) groups excluding carboxylic acids is 4. The molecule has 0 fully saturated rings. The Hall–Kier alpha value is -1.94. The second-order valence-electron chi connectivity index (χ2n) is 32.8. The number of phosphoric ester groups is 2. The molecule has 0 aromatic rings. The lowest BCUT2D eigenvalue weighted by atomic mass is 9.99. The van der Waals surface area contributed by atoms with Gasteiger partial charge < -0.3 is 33.8 Å². The molecule has 0 radical (unpaired) electrons. The number of carbonyl (C=O) groups is 4. The van der Waals surface area contributed by atoms with Crippen LogP contribution in [0.2, 0.25) is 0 Å². The van der Waals surface area contributed by atoms with E-state index in [1.807, 2.05) is 0 Å². The normalized spacial score (nSPS) is 14.1. The van der Waals surface area contributed by atoms with Crippen molar-refractivity contribution in [2.24, 2.45) is 17.8 Å². The predicted molar refractivity (Wildman–Crippen MR) is 441 cm³/mol. The summed E-state index contributed by atoms with van der Waals surface area (Å²) in [6.45, 7) is 12.1. The quantitative estimate of drug-likeness (QED) is 0.0222. The van der Waals surface area contributed by atoms with Gasteiger partial charge in [0, 0.05) is 25.7 Å². The van der Waals surface area contributed by atoms with Crippen LogP contribution in [-0.4, -0.2) is 96.7 Å². The van der Waals surface area contributed by atoms with E-state index in [4.69, 9.17) is 37.0 Å². The first kappa shape index (κ1) is 105. The van der Waals surface area contributed by atoms with Crippen molar-refractivity contribution in [3.8, 4) is 0 Å². The van der Waals surface area contributed by atoms with Crippen molar-refractivity contribution >= 4 is 39.5 Å². The molecule has 0 aromatic carbocycles. The van der Waals surface area contributed by atoms with Gasteiger partial charge in [-0.1, -0.05) is 414 Å². The van der Waals surface area contributed by atoms with E-state index in [-0.39, 0.29) is 25.7 Å². The van der Waals surface area contributed by atoms with Gasteiger partial charge in [0.1, 0.15) is 19.3 Å². The number of aliphatic hydroxyl groups excluding tert-OH is 1. The van der Waals surface area contributed by atoms with Crippen molar-refractivity contribution in [3.05, 3.63) is 0 Å². The van der Waals surface area contributed by atoms with Gasteiger partial charge in [0.25, 0.3) is 0 Å². The molecule has 0 aromatic heterocycles. The summed E-state index contributed by atoms with van der Waals surface area (Å²) in [5, 5.41) is 10.7. The summed E-state index contributed by atoms with van der Waals surface area (Å²) in [5.41, 5.74) is 0. The van der Waals surface area contributed by atoms with E-state index in [0.29, 0.717) is 25.7 Å². The summed E-state index contributed by atoms with van der Waals surface area (Å²) in [4.78, 5) is 73.3. The zero-order chi connectivity index (χ0) is 78.6. The van der Waals surface area contributed by atoms with Crippen LogP contribution in [0.15, 0.2) is 0 Å². The minimum Gasteiger partial charge on any atom is -0.462 e. The molecule has 0 amide bonds. The SMILES string of the molecule is CCCCCCCCCCCCCCCCCCCCCC(=O)O[C@H](COC(=O)CCCCCCCCCCCCCCCCCC(C)C)COP(=O)(O)OC[C@@H](O)COP(=O)(O)OC[C@@H](COC(=O)CCCCCCCCCCCC(C)C)OC(=O)CCCCCCCCCCCCCCCCC(C)CC. The van der Waals surface area contributed by atoms with Crippen LogP contribution in [-0.2, 0) is 65.4 Å². The summed E-state index contributed by atoms with van der Waals surface area (Å²) < 4.78 is 69.0. The molecule has 636 valence electrons. The van der Waals surface area contributed by atoms with E-state index < -0.39 is 97.5 Å². The lowest BCUT2D eigenvalue weighted by Crippen LogP contribution is -2.30. The molecular formula is C88H172O17P2.